The summed E-state index contributed by atoms with van der Waals surface area (Å²) in [5, 5.41) is 6.32. The lowest BCUT2D eigenvalue weighted by atomic mass is 10.2. The predicted molar refractivity (Wildman–Crippen MR) is 135 cm³/mol. The number of anilines is 1. The van der Waals surface area contributed by atoms with Crippen LogP contribution in [0, 0.1) is 0 Å². The van der Waals surface area contributed by atoms with Crippen molar-refractivity contribution in [3.05, 3.63) is 29.8 Å². The molecule has 0 atom stereocenters. The Balaban J connectivity index is 0.00000450. The molecule has 1 heterocycles. The largest absolute Gasteiger partial charge is 0.385 e. The lowest BCUT2D eigenvalue weighted by molar-refractivity contribution is 0.180. The van der Waals surface area contributed by atoms with E-state index in [0.29, 0.717) is 25.6 Å². The van der Waals surface area contributed by atoms with Gasteiger partial charge in [0.05, 0.1) is 18.0 Å². The summed E-state index contributed by atoms with van der Waals surface area (Å²) in [4.78, 5) is 6.76. The summed E-state index contributed by atoms with van der Waals surface area (Å²) in [6.45, 7) is 6.75. The van der Waals surface area contributed by atoms with Gasteiger partial charge in [-0.1, -0.05) is 18.2 Å². The first-order chi connectivity index (χ1) is 14.0. The molecule has 172 valence electrons. The lowest BCUT2D eigenvalue weighted by Crippen LogP contribution is -2.42. The van der Waals surface area contributed by atoms with Gasteiger partial charge >= 0.3 is 0 Å². The first kappa shape index (κ1) is 26.9. The maximum Gasteiger partial charge on any atom is 0.236 e. The average Bonchev–Trinajstić information content (AvgIpc) is 3.13. The van der Waals surface area contributed by atoms with Crippen molar-refractivity contribution in [2.75, 3.05) is 70.1 Å². The van der Waals surface area contributed by atoms with Crippen LogP contribution in [0.5, 0.6) is 0 Å². The zero-order chi connectivity index (χ0) is 21.1. The molecule has 10 heteroatoms. The number of aliphatic imine (C=N–C) groups is 1. The maximum atomic E-state index is 12.8. The highest BCUT2D eigenvalue weighted by Crippen LogP contribution is 2.29. The molecule has 0 amide bonds. The molecule has 1 aromatic rings. The number of nitrogens with zero attached hydrogens (tertiary/aromatic N) is 3. The van der Waals surface area contributed by atoms with Gasteiger partial charge in [0, 0.05) is 46.4 Å². The summed E-state index contributed by atoms with van der Waals surface area (Å²) in [6, 6.07) is 7.70. The number of guanidine groups is 1. The molecule has 0 saturated carbocycles. The number of methoxy groups -OCH3 is 1. The Morgan fingerprint density at radius 3 is 2.77 bits per heavy atom. The number of likely N-dealkylation sites (N-methyl/N-ethyl adjacent to an activating group) is 1. The first-order valence-electron chi connectivity index (χ1n) is 10.3. The van der Waals surface area contributed by atoms with E-state index < -0.39 is 10.0 Å². The van der Waals surface area contributed by atoms with E-state index in [9.17, 15) is 8.42 Å². The Labute approximate surface area is 198 Å². The highest BCUT2D eigenvalue weighted by atomic mass is 127. The van der Waals surface area contributed by atoms with E-state index in [1.807, 2.05) is 31.2 Å². The Kier molecular flexibility index (Phi) is 12.6. The number of nitrogens with one attached hydrogen (secondary N) is 2. The van der Waals surface area contributed by atoms with Crippen molar-refractivity contribution in [2.45, 2.75) is 19.8 Å². The SMILES string of the molecule is CCNC(=NCCN(C)CCCOC)NCCS(=O)(=O)N1CCc2ccccc21.I. The van der Waals surface area contributed by atoms with E-state index in [0.717, 1.165) is 50.3 Å². The van der Waals surface area contributed by atoms with Gasteiger partial charge in [0.2, 0.25) is 10.0 Å². The van der Waals surface area contributed by atoms with Crippen LogP contribution in [0.4, 0.5) is 5.69 Å². The van der Waals surface area contributed by atoms with Crippen LogP contribution in [0.3, 0.4) is 0 Å². The van der Waals surface area contributed by atoms with Crippen molar-refractivity contribution in [1.82, 2.24) is 15.5 Å². The van der Waals surface area contributed by atoms with Gasteiger partial charge in [-0.05, 0) is 38.4 Å². The molecule has 2 N–H and O–H groups in total. The minimum absolute atomic E-state index is 0. The van der Waals surface area contributed by atoms with Crippen molar-refractivity contribution in [3.8, 4) is 0 Å². The van der Waals surface area contributed by atoms with Crippen LogP contribution in [-0.2, 0) is 21.2 Å². The van der Waals surface area contributed by atoms with Crippen LogP contribution in [0.1, 0.15) is 18.9 Å². The summed E-state index contributed by atoms with van der Waals surface area (Å²) < 4.78 is 32.1. The molecule has 30 heavy (non-hydrogen) atoms. The van der Waals surface area contributed by atoms with E-state index in [4.69, 9.17) is 4.74 Å². The maximum absolute atomic E-state index is 12.8. The van der Waals surface area contributed by atoms with Crippen LogP contribution < -0.4 is 14.9 Å². The van der Waals surface area contributed by atoms with Gasteiger partial charge < -0.3 is 20.3 Å². The summed E-state index contributed by atoms with van der Waals surface area (Å²) in [6.07, 6.45) is 1.76. The third kappa shape index (κ3) is 8.56. The third-order valence-corrected chi connectivity index (χ3v) is 6.59. The summed E-state index contributed by atoms with van der Waals surface area (Å²) in [5.74, 6) is 0.678. The second-order valence-corrected chi connectivity index (χ2v) is 9.12. The molecular weight excluding hydrogens is 517 g/mol. The Morgan fingerprint density at radius 1 is 1.27 bits per heavy atom. The van der Waals surface area contributed by atoms with E-state index in [-0.39, 0.29) is 29.7 Å². The first-order valence-corrected chi connectivity index (χ1v) is 11.9. The predicted octanol–water partition coefficient (Wildman–Crippen LogP) is 1.52. The smallest absolute Gasteiger partial charge is 0.236 e. The second-order valence-electron chi connectivity index (χ2n) is 7.10. The van der Waals surface area contributed by atoms with Crippen LogP contribution >= 0.6 is 24.0 Å². The average molecular weight is 554 g/mol. The zero-order valence-corrected chi connectivity index (χ0v) is 21.4. The Bertz CT molecular complexity index is 761. The quantitative estimate of drug-likeness (QED) is 0.177. The number of hydrogen-bond donors (Lipinski definition) is 2. The van der Waals surface area contributed by atoms with Crippen molar-refractivity contribution >= 4 is 45.6 Å². The molecular formula is C20H36IN5O3S. The van der Waals surface area contributed by atoms with E-state index in [2.05, 4.69) is 27.6 Å². The zero-order valence-electron chi connectivity index (χ0n) is 18.3. The number of halogens is 1. The number of sulfonamides is 1. The molecule has 0 saturated heterocycles. The van der Waals surface area contributed by atoms with Gasteiger partial charge in [-0.25, -0.2) is 8.42 Å². The van der Waals surface area contributed by atoms with E-state index in [1.54, 1.807) is 7.11 Å². The van der Waals surface area contributed by atoms with Gasteiger partial charge in [0.15, 0.2) is 5.96 Å². The molecule has 1 aliphatic rings. The molecule has 1 aliphatic heterocycles. The van der Waals surface area contributed by atoms with Gasteiger partial charge in [-0.2, -0.15) is 0 Å². The van der Waals surface area contributed by atoms with Gasteiger partial charge in [-0.3, -0.25) is 9.30 Å². The fraction of sp³-hybridized carbons (Fsp3) is 0.650. The number of rotatable bonds is 12. The normalized spacial score (nSPS) is 13.9. The number of para-hydroxylation sites is 1. The Morgan fingerprint density at radius 2 is 2.03 bits per heavy atom. The molecule has 2 rings (SSSR count). The summed E-state index contributed by atoms with van der Waals surface area (Å²) in [7, 11) is 0.408. The summed E-state index contributed by atoms with van der Waals surface area (Å²) >= 11 is 0. The van der Waals surface area contributed by atoms with Crippen molar-refractivity contribution < 1.29 is 13.2 Å². The fourth-order valence-corrected chi connectivity index (χ4v) is 4.70. The van der Waals surface area contributed by atoms with Crippen LogP contribution in [-0.4, -0.2) is 85.1 Å². The van der Waals surface area contributed by atoms with Crippen molar-refractivity contribution in [3.63, 3.8) is 0 Å². The molecule has 8 nitrogen and oxygen atoms in total. The van der Waals surface area contributed by atoms with Crippen molar-refractivity contribution in [2.24, 2.45) is 4.99 Å². The number of benzene rings is 1. The highest BCUT2D eigenvalue weighted by Gasteiger charge is 2.28. The van der Waals surface area contributed by atoms with Crippen LogP contribution in [0.25, 0.3) is 0 Å². The lowest BCUT2D eigenvalue weighted by Gasteiger charge is -2.20. The van der Waals surface area contributed by atoms with Gasteiger partial charge in [0.25, 0.3) is 0 Å². The van der Waals surface area contributed by atoms with E-state index >= 15 is 0 Å². The number of hydrogen-bond acceptors (Lipinski definition) is 5. The molecule has 0 aromatic heterocycles. The van der Waals surface area contributed by atoms with Gasteiger partial charge in [0.1, 0.15) is 0 Å². The molecule has 0 bridgehead atoms. The van der Waals surface area contributed by atoms with Crippen LogP contribution in [0.15, 0.2) is 29.3 Å². The molecule has 0 fully saturated rings. The Hall–Kier alpha value is -1.11. The second kappa shape index (κ2) is 14.0. The fourth-order valence-electron chi connectivity index (χ4n) is 3.27. The standard InChI is InChI=1S/C20H35N5O3S.HI/c1-4-21-20(22-11-15-24(2)13-7-16-28-3)23-12-17-29(26,27)25-14-10-18-8-5-6-9-19(18)25;/h5-6,8-9H,4,7,10-17H2,1-3H3,(H2,21,22,23);1H. The monoisotopic (exact) mass is 553 g/mol. The van der Waals surface area contributed by atoms with E-state index in [1.165, 1.54) is 4.31 Å². The molecule has 0 unspecified atom stereocenters. The minimum atomic E-state index is -3.36. The highest BCUT2D eigenvalue weighted by molar-refractivity contribution is 14.0. The third-order valence-electron chi connectivity index (χ3n) is 4.82. The minimum Gasteiger partial charge on any atom is -0.385 e. The molecule has 0 radical (unpaired) electrons. The van der Waals surface area contributed by atoms with Gasteiger partial charge in [-0.15, -0.1) is 24.0 Å². The molecule has 1 aromatic carbocycles. The van der Waals surface area contributed by atoms with Crippen molar-refractivity contribution in [1.29, 1.82) is 0 Å². The molecule has 0 spiro atoms. The number of fused-ring (bicyclic) bond motifs is 1. The molecule has 0 aliphatic carbocycles. The van der Waals surface area contributed by atoms with Crippen LogP contribution in [0.2, 0.25) is 0 Å². The topological polar surface area (TPSA) is 86.3 Å². The number of ether oxygens (including phenoxy) is 1. The summed E-state index contributed by atoms with van der Waals surface area (Å²) in [5.41, 5.74) is 1.90.